The molecule has 0 radical (unpaired) electrons. The third-order valence-electron chi connectivity index (χ3n) is 4.03. The molecule has 0 aliphatic heterocycles. The standard InChI is InChI=1S/C18H21FN4/c1-4-13-8-12(9-14(5-2)16(13)19)10-21-18-15-6-7-20-17(15)22-11(3)23-18/h6-9H,4-5,10H2,1-3H3,(H2,20,21,22,23). The van der Waals surface area contributed by atoms with Crippen molar-refractivity contribution in [3.8, 4) is 0 Å². The molecular formula is C18H21FN4. The van der Waals surface area contributed by atoms with Crippen molar-refractivity contribution in [3.05, 3.63) is 52.7 Å². The fourth-order valence-corrected chi connectivity index (χ4v) is 2.81. The number of halogens is 1. The maximum absolute atomic E-state index is 14.2. The van der Waals surface area contributed by atoms with Crippen LogP contribution in [-0.4, -0.2) is 15.0 Å². The van der Waals surface area contributed by atoms with E-state index in [1.807, 2.05) is 45.2 Å². The number of anilines is 1. The highest BCUT2D eigenvalue weighted by Gasteiger charge is 2.10. The summed E-state index contributed by atoms with van der Waals surface area (Å²) in [5.41, 5.74) is 3.43. The molecule has 2 N–H and O–H groups in total. The van der Waals surface area contributed by atoms with Crippen LogP contribution < -0.4 is 5.32 Å². The minimum absolute atomic E-state index is 0.0651. The molecule has 4 nitrogen and oxygen atoms in total. The predicted octanol–water partition coefficient (Wildman–Crippen LogP) is 4.14. The highest BCUT2D eigenvalue weighted by atomic mass is 19.1. The molecule has 0 saturated heterocycles. The van der Waals surface area contributed by atoms with Gasteiger partial charge in [0.1, 0.15) is 23.1 Å². The van der Waals surface area contributed by atoms with Crippen LogP contribution in [0.1, 0.15) is 36.4 Å². The van der Waals surface area contributed by atoms with E-state index in [1.165, 1.54) is 0 Å². The fraction of sp³-hybridized carbons (Fsp3) is 0.333. The van der Waals surface area contributed by atoms with Crippen LogP contribution in [0.5, 0.6) is 0 Å². The van der Waals surface area contributed by atoms with Crippen molar-refractivity contribution in [2.24, 2.45) is 0 Å². The molecule has 0 saturated carbocycles. The Labute approximate surface area is 135 Å². The number of aromatic nitrogens is 3. The summed E-state index contributed by atoms with van der Waals surface area (Å²) in [6.45, 7) is 6.43. The number of hydrogen-bond acceptors (Lipinski definition) is 3. The second-order valence-electron chi connectivity index (χ2n) is 5.65. The molecule has 120 valence electrons. The lowest BCUT2D eigenvalue weighted by atomic mass is 10.0. The zero-order chi connectivity index (χ0) is 16.4. The van der Waals surface area contributed by atoms with Crippen LogP contribution in [0.25, 0.3) is 11.0 Å². The van der Waals surface area contributed by atoms with Crippen LogP contribution in [0, 0.1) is 12.7 Å². The molecule has 3 aromatic rings. The van der Waals surface area contributed by atoms with Crippen LogP contribution >= 0.6 is 0 Å². The maximum atomic E-state index is 14.2. The Kier molecular flexibility index (Phi) is 4.28. The maximum Gasteiger partial charge on any atom is 0.143 e. The second-order valence-corrected chi connectivity index (χ2v) is 5.65. The molecule has 0 amide bonds. The van der Waals surface area contributed by atoms with Crippen LogP contribution in [0.2, 0.25) is 0 Å². The molecule has 0 spiro atoms. The topological polar surface area (TPSA) is 53.6 Å². The summed E-state index contributed by atoms with van der Waals surface area (Å²) in [4.78, 5) is 11.9. The number of H-pyrrole nitrogens is 1. The average molecular weight is 312 g/mol. The van der Waals surface area contributed by atoms with Crippen LogP contribution in [0.15, 0.2) is 24.4 Å². The van der Waals surface area contributed by atoms with Crippen LogP contribution in [0.3, 0.4) is 0 Å². The lowest BCUT2D eigenvalue weighted by Crippen LogP contribution is -2.06. The fourth-order valence-electron chi connectivity index (χ4n) is 2.81. The summed E-state index contributed by atoms with van der Waals surface area (Å²) in [5.74, 6) is 1.45. The van der Waals surface area contributed by atoms with E-state index >= 15 is 0 Å². The Morgan fingerprint density at radius 1 is 1.13 bits per heavy atom. The summed E-state index contributed by atoms with van der Waals surface area (Å²) >= 11 is 0. The van der Waals surface area contributed by atoms with Gasteiger partial charge >= 0.3 is 0 Å². The first-order chi connectivity index (χ1) is 11.1. The van der Waals surface area contributed by atoms with E-state index in [0.29, 0.717) is 25.2 Å². The molecule has 0 bridgehead atoms. The zero-order valence-corrected chi connectivity index (χ0v) is 13.7. The number of nitrogens with one attached hydrogen (secondary N) is 2. The molecule has 3 rings (SSSR count). The summed E-state index contributed by atoms with van der Waals surface area (Å²) in [5, 5.41) is 4.32. The van der Waals surface area contributed by atoms with E-state index < -0.39 is 0 Å². The monoisotopic (exact) mass is 312 g/mol. The number of aryl methyl sites for hydroxylation is 3. The van der Waals surface area contributed by atoms with Gasteiger partial charge in [0.05, 0.1) is 5.39 Å². The SMILES string of the molecule is CCc1cc(CNc2nc(C)nc3[nH]ccc23)cc(CC)c1F. The first-order valence-electron chi connectivity index (χ1n) is 7.98. The molecule has 0 aliphatic carbocycles. The Morgan fingerprint density at radius 3 is 2.48 bits per heavy atom. The van der Waals surface area contributed by atoms with Crippen molar-refractivity contribution in [2.75, 3.05) is 5.32 Å². The molecule has 1 aromatic carbocycles. The first kappa shape index (κ1) is 15.5. The molecule has 0 aliphatic rings. The van der Waals surface area contributed by atoms with Crippen LogP contribution in [0.4, 0.5) is 10.2 Å². The van der Waals surface area contributed by atoms with Crippen molar-refractivity contribution in [2.45, 2.75) is 40.2 Å². The number of hydrogen-bond donors (Lipinski definition) is 2. The highest BCUT2D eigenvalue weighted by Crippen LogP contribution is 2.22. The smallest absolute Gasteiger partial charge is 0.143 e. The van der Waals surface area contributed by atoms with E-state index in [0.717, 1.165) is 33.5 Å². The van der Waals surface area contributed by atoms with Gasteiger partial charge in [-0.1, -0.05) is 26.0 Å². The molecule has 0 atom stereocenters. The minimum Gasteiger partial charge on any atom is -0.365 e. The van der Waals surface area contributed by atoms with Gasteiger partial charge in [-0.05, 0) is 42.5 Å². The van der Waals surface area contributed by atoms with Gasteiger partial charge in [0.15, 0.2) is 0 Å². The molecular weight excluding hydrogens is 291 g/mol. The van der Waals surface area contributed by atoms with Gasteiger partial charge in [0.25, 0.3) is 0 Å². The number of fused-ring (bicyclic) bond motifs is 1. The van der Waals surface area contributed by atoms with E-state index in [1.54, 1.807) is 0 Å². The predicted molar refractivity (Wildman–Crippen MR) is 91.1 cm³/mol. The number of rotatable bonds is 5. The van der Waals surface area contributed by atoms with Gasteiger partial charge in [-0.2, -0.15) is 0 Å². The normalized spacial score (nSPS) is 11.1. The lowest BCUT2D eigenvalue weighted by molar-refractivity contribution is 0.596. The van der Waals surface area contributed by atoms with Crippen molar-refractivity contribution < 1.29 is 4.39 Å². The molecule has 0 fully saturated rings. The number of aromatic amines is 1. The van der Waals surface area contributed by atoms with E-state index in [-0.39, 0.29) is 5.82 Å². The largest absolute Gasteiger partial charge is 0.365 e. The van der Waals surface area contributed by atoms with Gasteiger partial charge in [-0.3, -0.25) is 0 Å². The van der Waals surface area contributed by atoms with E-state index in [4.69, 9.17) is 0 Å². The highest BCUT2D eigenvalue weighted by molar-refractivity contribution is 5.86. The zero-order valence-electron chi connectivity index (χ0n) is 13.7. The third kappa shape index (κ3) is 3.04. The van der Waals surface area contributed by atoms with Crippen molar-refractivity contribution in [3.63, 3.8) is 0 Å². The van der Waals surface area contributed by atoms with Crippen molar-refractivity contribution in [1.29, 1.82) is 0 Å². The number of nitrogens with zero attached hydrogens (tertiary/aromatic N) is 2. The Hall–Kier alpha value is -2.43. The van der Waals surface area contributed by atoms with E-state index in [9.17, 15) is 4.39 Å². The molecule has 23 heavy (non-hydrogen) atoms. The molecule has 5 heteroatoms. The Balaban J connectivity index is 1.89. The van der Waals surface area contributed by atoms with Crippen LogP contribution in [-0.2, 0) is 19.4 Å². The van der Waals surface area contributed by atoms with Crippen molar-refractivity contribution in [1.82, 2.24) is 15.0 Å². The molecule has 0 unspecified atom stereocenters. The average Bonchev–Trinajstić information content (AvgIpc) is 3.01. The number of benzene rings is 1. The molecule has 2 aromatic heterocycles. The first-order valence-corrected chi connectivity index (χ1v) is 7.98. The molecule has 2 heterocycles. The van der Waals surface area contributed by atoms with Gasteiger partial charge in [0.2, 0.25) is 0 Å². The quantitative estimate of drug-likeness (QED) is 0.744. The van der Waals surface area contributed by atoms with Gasteiger partial charge in [0, 0.05) is 12.7 Å². The third-order valence-corrected chi connectivity index (χ3v) is 4.03. The van der Waals surface area contributed by atoms with Crippen molar-refractivity contribution >= 4 is 16.9 Å². The minimum atomic E-state index is -0.0651. The summed E-state index contributed by atoms with van der Waals surface area (Å²) in [6.07, 6.45) is 3.24. The second kappa shape index (κ2) is 6.36. The Bertz CT molecular complexity index is 813. The summed E-state index contributed by atoms with van der Waals surface area (Å²) in [7, 11) is 0. The van der Waals surface area contributed by atoms with Gasteiger partial charge in [-0.15, -0.1) is 0 Å². The summed E-state index contributed by atoms with van der Waals surface area (Å²) in [6, 6.07) is 5.82. The van der Waals surface area contributed by atoms with Gasteiger partial charge < -0.3 is 10.3 Å². The lowest BCUT2D eigenvalue weighted by Gasteiger charge is -2.12. The summed E-state index contributed by atoms with van der Waals surface area (Å²) < 4.78 is 14.2. The van der Waals surface area contributed by atoms with E-state index in [2.05, 4.69) is 20.3 Å². The Morgan fingerprint density at radius 2 is 1.83 bits per heavy atom. The van der Waals surface area contributed by atoms with Gasteiger partial charge in [-0.25, -0.2) is 14.4 Å².